The molecule has 1 heterocycles. The molecule has 22 heavy (non-hydrogen) atoms. The Kier molecular flexibility index (Phi) is 2.97. The van der Waals surface area contributed by atoms with Crippen LogP contribution >= 0.6 is 0 Å². The van der Waals surface area contributed by atoms with E-state index < -0.39 is 26.5 Å². The van der Waals surface area contributed by atoms with Gasteiger partial charge in [0, 0.05) is 16.8 Å². The van der Waals surface area contributed by atoms with E-state index >= 15 is 0 Å². The van der Waals surface area contributed by atoms with E-state index in [9.17, 15) is 23.6 Å². The summed E-state index contributed by atoms with van der Waals surface area (Å²) in [5.74, 6) is -0.547. The largest absolute Gasteiger partial charge is 0.502 e. The summed E-state index contributed by atoms with van der Waals surface area (Å²) in [7, 11) is -4.38. The second-order valence-electron chi connectivity index (χ2n) is 4.58. The molecule has 1 aromatic heterocycles. The first-order chi connectivity index (χ1) is 10.3. The number of rotatable bonds is 2. The van der Waals surface area contributed by atoms with Crippen LogP contribution in [0.5, 0.6) is 5.75 Å². The predicted molar refractivity (Wildman–Crippen MR) is 77.4 cm³/mol. The van der Waals surface area contributed by atoms with E-state index in [1.54, 1.807) is 0 Å². The van der Waals surface area contributed by atoms with E-state index in [1.165, 1.54) is 30.3 Å². The second-order valence-corrected chi connectivity index (χ2v) is 6.00. The summed E-state index contributed by atoms with van der Waals surface area (Å²) >= 11 is 0. The lowest BCUT2D eigenvalue weighted by Crippen LogP contribution is -1.98. The summed E-state index contributed by atoms with van der Waals surface area (Å²) in [5, 5.41) is 21.2. The van der Waals surface area contributed by atoms with Crippen molar-refractivity contribution < 1.29 is 23.0 Å². The molecule has 0 saturated carbocycles. The van der Waals surface area contributed by atoms with Crippen molar-refractivity contribution in [2.75, 3.05) is 0 Å². The molecule has 0 aliphatic rings. The van der Waals surface area contributed by atoms with Gasteiger partial charge in [0.1, 0.15) is 0 Å². The lowest BCUT2D eigenvalue weighted by atomic mass is 10.1. The number of nitro groups is 1. The Bertz CT molecular complexity index is 1050. The summed E-state index contributed by atoms with van der Waals surface area (Å²) in [6.45, 7) is 0. The van der Waals surface area contributed by atoms with E-state index in [4.69, 9.17) is 4.55 Å². The molecule has 9 heteroatoms. The van der Waals surface area contributed by atoms with Gasteiger partial charge in [0.15, 0.2) is 0 Å². The van der Waals surface area contributed by atoms with Crippen LogP contribution in [-0.2, 0) is 10.1 Å². The Morgan fingerprint density at radius 3 is 2.41 bits per heavy atom. The molecule has 2 N–H and O–H groups in total. The molecule has 0 unspecified atom stereocenters. The zero-order valence-corrected chi connectivity index (χ0v) is 11.6. The number of phenolic OH excluding ortho intramolecular Hbond substituents is 1. The van der Waals surface area contributed by atoms with Gasteiger partial charge in [0.2, 0.25) is 5.75 Å². The Balaban J connectivity index is 2.38. The Labute approximate surface area is 123 Å². The molecule has 3 aromatic rings. The maximum atomic E-state index is 11.1. The van der Waals surface area contributed by atoms with E-state index in [0.29, 0.717) is 16.4 Å². The lowest BCUT2D eigenvalue weighted by Gasteiger charge is -2.05. The fourth-order valence-electron chi connectivity index (χ4n) is 2.17. The molecule has 0 aliphatic heterocycles. The van der Waals surface area contributed by atoms with Gasteiger partial charge in [-0.3, -0.25) is 14.7 Å². The number of nitrogens with zero attached hydrogens (tertiary/aromatic N) is 2. The van der Waals surface area contributed by atoms with Crippen LogP contribution in [-0.4, -0.2) is 28.0 Å². The number of hydrogen-bond acceptors (Lipinski definition) is 6. The predicted octanol–water partition coefficient (Wildman–Crippen LogP) is 2.25. The van der Waals surface area contributed by atoms with Gasteiger partial charge >= 0.3 is 5.69 Å². The molecule has 8 nitrogen and oxygen atoms in total. The quantitative estimate of drug-likeness (QED) is 0.320. The maximum Gasteiger partial charge on any atom is 0.311 e. The highest BCUT2D eigenvalue weighted by Crippen LogP contribution is 2.35. The van der Waals surface area contributed by atoms with Crippen LogP contribution in [0.3, 0.4) is 0 Å². The van der Waals surface area contributed by atoms with Crippen LogP contribution in [0.25, 0.3) is 21.8 Å². The summed E-state index contributed by atoms with van der Waals surface area (Å²) < 4.78 is 31.3. The normalized spacial score (nSPS) is 11.9. The zero-order chi connectivity index (χ0) is 16.1. The minimum atomic E-state index is -4.38. The third-order valence-electron chi connectivity index (χ3n) is 3.21. The zero-order valence-electron chi connectivity index (χ0n) is 10.8. The molecule has 112 valence electrons. The molecule has 0 aliphatic carbocycles. The molecule has 0 spiro atoms. The van der Waals surface area contributed by atoms with Crippen LogP contribution in [0.1, 0.15) is 0 Å². The molecule has 0 saturated heterocycles. The van der Waals surface area contributed by atoms with Crippen molar-refractivity contribution in [2.45, 2.75) is 4.90 Å². The topological polar surface area (TPSA) is 131 Å². The SMILES string of the molecule is O=[N+]([O-])c1ccc2nc3ccc(S(=O)(=O)O)cc3cc2c1O. The van der Waals surface area contributed by atoms with E-state index in [2.05, 4.69) is 4.98 Å². The van der Waals surface area contributed by atoms with Gasteiger partial charge in [-0.05, 0) is 30.3 Å². The number of fused-ring (bicyclic) bond motifs is 2. The van der Waals surface area contributed by atoms with Crippen molar-refractivity contribution in [3.05, 3.63) is 46.5 Å². The summed E-state index contributed by atoms with van der Waals surface area (Å²) in [6.07, 6.45) is 0. The van der Waals surface area contributed by atoms with Crippen molar-refractivity contribution in [3.8, 4) is 5.75 Å². The number of nitro benzene ring substituents is 1. The first-order valence-electron chi connectivity index (χ1n) is 5.96. The highest BCUT2D eigenvalue weighted by atomic mass is 32.2. The van der Waals surface area contributed by atoms with E-state index in [-0.39, 0.29) is 10.3 Å². The van der Waals surface area contributed by atoms with Crippen molar-refractivity contribution >= 4 is 37.6 Å². The number of aromatic hydroxyl groups is 1. The van der Waals surface area contributed by atoms with Gasteiger partial charge in [-0.1, -0.05) is 0 Å². The van der Waals surface area contributed by atoms with Gasteiger partial charge in [0.25, 0.3) is 10.1 Å². The number of benzene rings is 2. The fraction of sp³-hybridized carbons (Fsp3) is 0. The lowest BCUT2D eigenvalue weighted by molar-refractivity contribution is -0.385. The number of phenols is 1. The summed E-state index contributed by atoms with van der Waals surface area (Å²) in [6, 6.07) is 7.69. The molecule has 0 bridgehead atoms. The molecule has 0 atom stereocenters. The Morgan fingerprint density at radius 1 is 1.09 bits per heavy atom. The average Bonchev–Trinajstić information content (AvgIpc) is 2.44. The third kappa shape index (κ3) is 2.22. The van der Waals surface area contributed by atoms with Crippen LogP contribution in [0, 0.1) is 10.1 Å². The Morgan fingerprint density at radius 2 is 1.77 bits per heavy atom. The summed E-state index contributed by atoms with van der Waals surface area (Å²) in [4.78, 5) is 14.0. The first kappa shape index (κ1) is 14.2. The smallest absolute Gasteiger partial charge is 0.311 e. The Hall–Kier alpha value is -2.78. The second kappa shape index (κ2) is 4.61. The standard InChI is InChI=1S/C13H8N2O6S/c16-13-9-6-7-5-8(22(19,20)21)1-2-10(7)14-11(9)3-4-12(13)15(17)18/h1-6,16H,(H,19,20,21). The molecule has 0 fully saturated rings. The molecule has 3 rings (SSSR count). The van der Waals surface area contributed by atoms with Crippen LogP contribution in [0.4, 0.5) is 5.69 Å². The van der Waals surface area contributed by atoms with Crippen molar-refractivity contribution in [1.29, 1.82) is 0 Å². The van der Waals surface area contributed by atoms with Crippen LogP contribution < -0.4 is 0 Å². The van der Waals surface area contributed by atoms with E-state index in [1.807, 2.05) is 0 Å². The van der Waals surface area contributed by atoms with Crippen molar-refractivity contribution in [1.82, 2.24) is 4.98 Å². The minimum absolute atomic E-state index is 0.120. The molecular weight excluding hydrogens is 312 g/mol. The average molecular weight is 320 g/mol. The van der Waals surface area contributed by atoms with Gasteiger partial charge in [-0.15, -0.1) is 0 Å². The van der Waals surface area contributed by atoms with Crippen LogP contribution in [0.2, 0.25) is 0 Å². The fourth-order valence-corrected chi connectivity index (χ4v) is 2.68. The van der Waals surface area contributed by atoms with Gasteiger partial charge in [-0.2, -0.15) is 8.42 Å². The first-order valence-corrected chi connectivity index (χ1v) is 7.40. The third-order valence-corrected chi connectivity index (χ3v) is 4.06. The van der Waals surface area contributed by atoms with Crippen molar-refractivity contribution in [3.63, 3.8) is 0 Å². The molecule has 0 radical (unpaired) electrons. The van der Waals surface area contributed by atoms with Gasteiger partial charge in [0.05, 0.1) is 20.9 Å². The monoisotopic (exact) mass is 320 g/mol. The number of pyridine rings is 1. The maximum absolute atomic E-state index is 11.1. The number of hydrogen-bond donors (Lipinski definition) is 2. The van der Waals surface area contributed by atoms with Crippen LogP contribution in [0.15, 0.2) is 41.3 Å². The minimum Gasteiger partial charge on any atom is -0.502 e. The molecular formula is C13H8N2O6S. The molecule has 0 amide bonds. The van der Waals surface area contributed by atoms with E-state index in [0.717, 1.165) is 6.07 Å². The highest BCUT2D eigenvalue weighted by molar-refractivity contribution is 7.85. The van der Waals surface area contributed by atoms with Gasteiger partial charge in [-0.25, -0.2) is 4.98 Å². The van der Waals surface area contributed by atoms with Gasteiger partial charge < -0.3 is 5.11 Å². The summed E-state index contributed by atoms with van der Waals surface area (Å²) in [5.41, 5.74) is 0.281. The van der Waals surface area contributed by atoms with Crippen molar-refractivity contribution in [2.24, 2.45) is 0 Å². The highest BCUT2D eigenvalue weighted by Gasteiger charge is 2.18. The molecule has 2 aromatic carbocycles. The number of aromatic nitrogens is 1.